The molecule has 1 aliphatic rings. The van der Waals surface area contributed by atoms with Gasteiger partial charge in [0.1, 0.15) is 0 Å². The lowest BCUT2D eigenvalue weighted by molar-refractivity contribution is -0.130. The molecule has 1 aliphatic heterocycles. The molecule has 0 atom stereocenters. The molecule has 2 aromatic rings. The predicted molar refractivity (Wildman–Crippen MR) is 91.1 cm³/mol. The fourth-order valence-corrected chi connectivity index (χ4v) is 3.84. The van der Waals surface area contributed by atoms with Crippen molar-refractivity contribution >= 4 is 23.2 Å². The van der Waals surface area contributed by atoms with Gasteiger partial charge >= 0.3 is 0 Å². The molecule has 0 aromatic carbocycles. The average Bonchev–Trinajstić information content (AvgIpc) is 3.10. The van der Waals surface area contributed by atoms with E-state index < -0.39 is 0 Å². The summed E-state index contributed by atoms with van der Waals surface area (Å²) in [5, 5.41) is 0.987. The molecule has 0 bridgehead atoms. The number of carbonyl (C=O) groups excluding carboxylic acids is 2. The molecule has 3 rings (SSSR count). The number of carbonyl (C=O) groups is 2. The van der Waals surface area contributed by atoms with Gasteiger partial charge in [-0.25, -0.2) is 4.98 Å². The maximum absolute atomic E-state index is 12.6. The number of rotatable bonds is 3. The highest BCUT2D eigenvalue weighted by atomic mass is 32.1. The Morgan fingerprint density at radius 3 is 2.62 bits per heavy atom. The highest BCUT2D eigenvalue weighted by Crippen LogP contribution is 2.19. The Morgan fingerprint density at radius 2 is 1.96 bits per heavy atom. The van der Waals surface area contributed by atoms with Gasteiger partial charge in [0, 0.05) is 31.1 Å². The molecule has 2 amide bonds. The molecule has 2 aromatic heterocycles. The molecule has 1 saturated heterocycles. The number of furan rings is 1. The summed E-state index contributed by atoms with van der Waals surface area (Å²) in [4.78, 5) is 33.9. The van der Waals surface area contributed by atoms with Gasteiger partial charge in [0.25, 0.3) is 5.91 Å². The van der Waals surface area contributed by atoms with Crippen molar-refractivity contribution in [3.05, 3.63) is 39.7 Å². The Kier molecular flexibility index (Phi) is 4.99. The maximum Gasteiger partial charge on any atom is 0.289 e. The van der Waals surface area contributed by atoms with Crippen LogP contribution in [0.3, 0.4) is 0 Å². The van der Waals surface area contributed by atoms with Crippen molar-refractivity contribution < 1.29 is 14.0 Å². The van der Waals surface area contributed by atoms with E-state index >= 15 is 0 Å². The highest BCUT2D eigenvalue weighted by Gasteiger charge is 2.24. The van der Waals surface area contributed by atoms with Crippen molar-refractivity contribution in [1.29, 1.82) is 0 Å². The summed E-state index contributed by atoms with van der Waals surface area (Å²) >= 11 is 1.58. The van der Waals surface area contributed by atoms with E-state index in [1.807, 2.05) is 18.7 Å². The van der Waals surface area contributed by atoms with Crippen LogP contribution >= 0.6 is 11.3 Å². The molecular weight excluding hydrogens is 326 g/mol. The molecule has 0 saturated carbocycles. The van der Waals surface area contributed by atoms with Crippen LogP contribution in [0.15, 0.2) is 22.8 Å². The van der Waals surface area contributed by atoms with E-state index in [9.17, 15) is 9.59 Å². The largest absolute Gasteiger partial charge is 0.459 e. The third-order valence-corrected chi connectivity index (χ3v) is 5.25. The lowest BCUT2D eigenvalue weighted by atomic mass is 10.2. The molecule has 0 unspecified atom stereocenters. The summed E-state index contributed by atoms with van der Waals surface area (Å²) in [5.74, 6) is 0.350. The first-order valence-electron chi connectivity index (χ1n) is 8.08. The fourth-order valence-electron chi connectivity index (χ4n) is 2.91. The van der Waals surface area contributed by atoms with E-state index in [1.54, 1.807) is 28.4 Å². The molecule has 0 spiro atoms. The van der Waals surface area contributed by atoms with Crippen LogP contribution in [-0.4, -0.2) is 52.8 Å². The minimum atomic E-state index is -0.108. The zero-order chi connectivity index (χ0) is 17.1. The highest BCUT2D eigenvalue weighted by molar-refractivity contribution is 7.11. The number of thiazole rings is 1. The Balaban J connectivity index is 1.60. The molecule has 128 valence electrons. The van der Waals surface area contributed by atoms with Crippen LogP contribution in [0.1, 0.15) is 32.6 Å². The van der Waals surface area contributed by atoms with Crippen LogP contribution in [0.4, 0.5) is 0 Å². The SMILES string of the molecule is Cc1nc(C)c(CC(=O)N2CCCN(C(=O)c3ccco3)CC2)s1. The Labute approximate surface area is 145 Å². The minimum absolute atomic E-state index is 0.106. The Hall–Kier alpha value is -2.15. The molecule has 3 heterocycles. The summed E-state index contributed by atoms with van der Waals surface area (Å²) in [6, 6.07) is 3.38. The van der Waals surface area contributed by atoms with Gasteiger partial charge in [-0.15, -0.1) is 11.3 Å². The molecule has 0 N–H and O–H groups in total. The zero-order valence-corrected chi connectivity index (χ0v) is 14.8. The van der Waals surface area contributed by atoms with E-state index in [1.165, 1.54) is 6.26 Å². The van der Waals surface area contributed by atoms with Crippen LogP contribution in [0.2, 0.25) is 0 Å². The van der Waals surface area contributed by atoms with Gasteiger partial charge in [-0.3, -0.25) is 9.59 Å². The molecule has 24 heavy (non-hydrogen) atoms. The number of nitrogens with zero attached hydrogens (tertiary/aromatic N) is 3. The second kappa shape index (κ2) is 7.17. The van der Waals surface area contributed by atoms with Gasteiger partial charge in [-0.2, -0.15) is 0 Å². The van der Waals surface area contributed by atoms with Crippen LogP contribution in [0, 0.1) is 13.8 Å². The predicted octanol–water partition coefficient (Wildman–Crippen LogP) is 2.27. The van der Waals surface area contributed by atoms with Gasteiger partial charge in [-0.1, -0.05) is 0 Å². The van der Waals surface area contributed by atoms with Gasteiger partial charge in [-0.05, 0) is 32.4 Å². The number of hydrogen-bond donors (Lipinski definition) is 0. The molecule has 0 aliphatic carbocycles. The second-order valence-corrected chi connectivity index (χ2v) is 7.21. The standard InChI is InChI=1S/C17H21N3O3S/c1-12-15(24-13(2)18-12)11-16(21)19-6-4-7-20(9-8-19)17(22)14-5-3-10-23-14/h3,5,10H,4,6-9,11H2,1-2H3. The second-order valence-electron chi connectivity index (χ2n) is 5.92. The van der Waals surface area contributed by atoms with E-state index in [4.69, 9.17) is 4.42 Å². The van der Waals surface area contributed by atoms with Crippen LogP contribution in [-0.2, 0) is 11.2 Å². The fraction of sp³-hybridized carbons (Fsp3) is 0.471. The molecule has 0 radical (unpaired) electrons. The van der Waals surface area contributed by atoms with E-state index in [0.29, 0.717) is 38.4 Å². The molecule has 7 heteroatoms. The van der Waals surface area contributed by atoms with Crippen molar-refractivity contribution in [2.45, 2.75) is 26.7 Å². The summed E-state index contributed by atoms with van der Waals surface area (Å²) in [6.07, 6.45) is 2.67. The van der Waals surface area contributed by atoms with Crippen LogP contribution < -0.4 is 0 Å². The quantitative estimate of drug-likeness (QED) is 0.854. The first-order chi connectivity index (χ1) is 11.5. The summed E-state index contributed by atoms with van der Waals surface area (Å²) < 4.78 is 5.18. The van der Waals surface area contributed by atoms with E-state index in [-0.39, 0.29) is 11.8 Å². The van der Waals surface area contributed by atoms with Gasteiger partial charge in [0.2, 0.25) is 5.91 Å². The lowest BCUT2D eigenvalue weighted by Gasteiger charge is -2.21. The van der Waals surface area contributed by atoms with Crippen LogP contribution in [0.5, 0.6) is 0 Å². The van der Waals surface area contributed by atoms with Crippen molar-refractivity contribution in [1.82, 2.24) is 14.8 Å². The monoisotopic (exact) mass is 347 g/mol. The van der Waals surface area contributed by atoms with Gasteiger partial charge < -0.3 is 14.2 Å². The van der Waals surface area contributed by atoms with Gasteiger partial charge in [0.05, 0.1) is 23.4 Å². The third kappa shape index (κ3) is 3.67. The molecular formula is C17H21N3O3S. The number of hydrogen-bond acceptors (Lipinski definition) is 5. The lowest BCUT2D eigenvalue weighted by Crippen LogP contribution is -2.37. The Morgan fingerprint density at radius 1 is 1.21 bits per heavy atom. The third-order valence-electron chi connectivity index (χ3n) is 4.18. The summed E-state index contributed by atoms with van der Waals surface area (Å²) in [6.45, 7) is 6.31. The van der Waals surface area contributed by atoms with Crippen LogP contribution in [0.25, 0.3) is 0 Å². The zero-order valence-electron chi connectivity index (χ0n) is 13.9. The summed E-state index contributed by atoms with van der Waals surface area (Å²) in [7, 11) is 0. The number of amides is 2. The average molecular weight is 347 g/mol. The van der Waals surface area contributed by atoms with Crippen molar-refractivity contribution in [2.75, 3.05) is 26.2 Å². The van der Waals surface area contributed by atoms with Gasteiger partial charge in [0.15, 0.2) is 5.76 Å². The smallest absolute Gasteiger partial charge is 0.289 e. The topological polar surface area (TPSA) is 66.7 Å². The Bertz CT molecular complexity index is 724. The van der Waals surface area contributed by atoms with E-state index in [0.717, 1.165) is 22.0 Å². The summed E-state index contributed by atoms with van der Waals surface area (Å²) in [5.41, 5.74) is 0.940. The van der Waals surface area contributed by atoms with Crippen molar-refractivity contribution in [3.63, 3.8) is 0 Å². The molecule has 1 fully saturated rings. The minimum Gasteiger partial charge on any atom is -0.459 e. The normalized spacial score (nSPS) is 15.4. The number of aromatic nitrogens is 1. The maximum atomic E-state index is 12.6. The van der Waals surface area contributed by atoms with E-state index in [2.05, 4.69) is 4.98 Å². The first-order valence-corrected chi connectivity index (χ1v) is 8.89. The first kappa shape index (κ1) is 16.7. The van der Waals surface area contributed by atoms with Crippen molar-refractivity contribution in [3.8, 4) is 0 Å². The number of aryl methyl sites for hydroxylation is 2. The molecule has 6 nitrogen and oxygen atoms in total. The van der Waals surface area contributed by atoms with Crippen molar-refractivity contribution in [2.24, 2.45) is 0 Å².